The van der Waals surface area contributed by atoms with E-state index in [0.717, 1.165) is 49.5 Å². The second-order valence-electron chi connectivity index (χ2n) is 8.43. The van der Waals surface area contributed by atoms with Crippen molar-refractivity contribution in [3.05, 3.63) is 59.2 Å². The predicted octanol–water partition coefficient (Wildman–Crippen LogP) is 3.94. The van der Waals surface area contributed by atoms with Crippen molar-refractivity contribution in [2.75, 3.05) is 33.4 Å². The van der Waals surface area contributed by atoms with Crippen molar-refractivity contribution in [2.45, 2.75) is 45.2 Å². The van der Waals surface area contributed by atoms with Crippen molar-refractivity contribution < 1.29 is 19.4 Å². The normalized spacial score (nSPS) is 14.7. The molecule has 0 atom stereocenters. The summed E-state index contributed by atoms with van der Waals surface area (Å²) in [5.41, 5.74) is 2.27. The van der Waals surface area contributed by atoms with Gasteiger partial charge in [-0.2, -0.15) is 0 Å². The zero-order valence-corrected chi connectivity index (χ0v) is 18.8. The van der Waals surface area contributed by atoms with Crippen LogP contribution in [0.15, 0.2) is 42.5 Å². The van der Waals surface area contributed by atoms with Gasteiger partial charge in [0.15, 0.2) is 0 Å². The van der Waals surface area contributed by atoms with Crippen LogP contribution in [0.1, 0.15) is 54.1 Å². The van der Waals surface area contributed by atoms with Gasteiger partial charge in [0.2, 0.25) is 0 Å². The number of likely N-dealkylation sites (N-methyl/N-ethyl adjacent to an activating group) is 1. The lowest BCUT2D eigenvalue weighted by molar-refractivity contribution is 0.0392. The van der Waals surface area contributed by atoms with Crippen molar-refractivity contribution in [1.29, 1.82) is 0 Å². The molecule has 2 N–H and O–H groups in total. The number of aromatic hydroxyl groups is 1. The standard InChI is InChI=1S/C25H34N2O4/c1-18(2)20-7-8-24(28)23(16-20)25(29)26-17-19-5-4-6-22(15-19)31-14-11-27(3)21-9-12-30-13-10-21/h4-8,15-16,18,21,28H,9-14,17H2,1-3H3,(H,26,29). The monoisotopic (exact) mass is 426 g/mol. The molecule has 1 heterocycles. The second kappa shape index (κ2) is 11.2. The zero-order chi connectivity index (χ0) is 22.2. The molecule has 1 saturated heterocycles. The maximum absolute atomic E-state index is 12.6. The molecule has 0 unspecified atom stereocenters. The Bertz CT molecular complexity index is 862. The quantitative estimate of drug-likeness (QED) is 0.636. The highest BCUT2D eigenvalue weighted by molar-refractivity contribution is 5.97. The fourth-order valence-electron chi connectivity index (χ4n) is 3.73. The lowest BCUT2D eigenvalue weighted by Gasteiger charge is -2.31. The van der Waals surface area contributed by atoms with Gasteiger partial charge in [0, 0.05) is 32.3 Å². The van der Waals surface area contributed by atoms with Crippen molar-refractivity contribution in [3.63, 3.8) is 0 Å². The Labute approximate surface area is 185 Å². The predicted molar refractivity (Wildman–Crippen MR) is 122 cm³/mol. The molecule has 6 heteroatoms. The van der Waals surface area contributed by atoms with Crippen LogP contribution in [0, 0.1) is 0 Å². The fraction of sp³-hybridized carbons (Fsp3) is 0.480. The molecule has 2 aromatic carbocycles. The molecule has 3 rings (SSSR count). The van der Waals surface area contributed by atoms with Gasteiger partial charge in [-0.25, -0.2) is 0 Å². The lowest BCUT2D eigenvalue weighted by Crippen LogP contribution is -2.38. The van der Waals surface area contributed by atoms with Gasteiger partial charge >= 0.3 is 0 Å². The summed E-state index contributed by atoms with van der Waals surface area (Å²) in [5.74, 6) is 0.778. The number of phenols is 1. The van der Waals surface area contributed by atoms with Crippen LogP contribution in [-0.4, -0.2) is 55.4 Å². The fourth-order valence-corrected chi connectivity index (χ4v) is 3.73. The summed E-state index contributed by atoms with van der Waals surface area (Å²) in [6.07, 6.45) is 2.14. The van der Waals surface area contributed by atoms with Crippen LogP contribution in [0.3, 0.4) is 0 Å². The number of phenolic OH excluding ortho intramolecular Hbond substituents is 1. The van der Waals surface area contributed by atoms with Gasteiger partial charge in [-0.05, 0) is 61.2 Å². The molecule has 31 heavy (non-hydrogen) atoms. The Morgan fingerprint density at radius 1 is 1.23 bits per heavy atom. The summed E-state index contributed by atoms with van der Waals surface area (Å²) in [6.45, 7) is 7.62. The second-order valence-corrected chi connectivity index (χ2v) is 8.43. The van der Waals surface area contributed by atoms with Gasteiger partial charge in [0.1, 0.15) is 18.1 Å². The van der Waals surface area contributed by atoms with E-state index in [0.29, 0.717) is 24.8 Å². The lowest BCUT2D eigenvalue weighted by atomic mass is 10.00. The van der Waals surface area contributed by atoms with E-state index in [1.54, 1.807) is 12.1 Å². The van der Waals surface area contributed by atoms with E-state index in [1.165, 1.54) is 0 Å². The van der Waals surface area contributed by atoms with Gasteiger partial charge < -0.3 is 19.9 Å². The van der Waals surface area contributed by atoms with Gasteiger partial charge in [-0.15, -0.1) is 0 Å². The van der Waals surface area contributed by atoms with Crippen molar-refractivity contribution in [2.24, 2.45) is 0 Å². The third kappa shape index (κ3) is 6.71. The summed E-state index contributed by atoms with van der Waals surface area (Å²) >= 11 is 0. The van der Waals surface area contributed by atoms with Gasteiger partial charge in [-0.1, -0.05) is 32.0 Å². The highest BCUT2D eigenvalue weighted by Crippen LogP contribution is 2.23. The van der Waals surface area contributed by atoms with Crippen molar-refractivity contribution in [3.8, 4) is 11.5 Å². The maximum atomic E-state index is 12.6. The number of carbonyl (C=O) groups excluding carboxylic acids is 1. The SMILES string of the molecule is CC(C)c1ccc(O)c(C(=O)NCc2cccc(OCCN(C)C3CCOCC3)c2)c1. The maximum Gasteiger partial charge on any atom is 0.255 e. The Kier molecular flexibility index (Phi) is 8.32. The van der Waals surface area contributed by atoms with E-state index in [-0.39, 0.29) is 17.6 Å². The number of nitrogens with one attached hydrogen (secondary N) is 1. The first-order valence-electron chi connectivity index (χ1n) is 11.0. The third-order valence-electron chi connectivity index (χ3n) is 5.81. The summed E-state index contributed by atoms with van der Waals surface area (Å²) in [5, 5.41) is 13.0. The van der Waals surface area contributed by atoms with Crippen LogP contribution >= 0.6 is 0 Å². The van der Waals surface area contributed by atoms with Crippen molar-refractivity contribution >= 4 is 5.91 Å². The molecule has 0 spiro atoms. The topological polar surface area (TPSA) is 71.0 Å². The summed E-state index contributed by atoms with van der Waals surface area (Å²) in [7, 11) is 2.13. The first-order chi connectivity index (χ1) is 14.9. The molecule has 1 aliphatic heterocycles. The molecule has 0 aliphatic carbocycles. The summed E-state index contributed by atoms with van der Waals surface area (Å²) < 4.78 is 11.4. The minimum absolute atomic E-state index is 0.00682. The number of nitrogens with zero attached hydrogens (tertiary/aromatic N) is 1. The molecular formula is C25H34N2O4. The third-order valence-corrected chi connectivity index (χ3v) is 5.81. The molecule has 1 amide bonds. The number of rotatable bonds is 9. The average molecular weight is 427 g/mol. The van der Waals surface area contributed by atoms with Gasteiger partial charge in [-0.3, -0.25) is 9.69 Å². The summed E-state index contributed by atoms with van der Waals surface area (Å²) in [6, 6.07) is 13.5. The number of ether oxygens (including phenoxy) is 2. The highest BCUT2D eigenvalue weighted by atomic mass is 16.5. The van der Waals surface area contributed by atoms with Crippen molar-refractivity contribution in [1.82, 2.24) is 10.2 Å². The molecule has 0 aromatic heterocycles. The number of carbonyl (C=O) groups is 1. The van der Waals surface area contributed by atoms with Crippen LogP contribution in [0.25, 0.3) is 0 Å². The first-order valence-corrected chi connectivity index (χ1v) is 11.0. The van der Waals surface area contributed by atoms with E-state index < -0.39 is 0 Å². The van der Waals surface area contributed by atoms with Gasteiger partial charge in [0.25, 0.3) is 5.91 Å². The minimum Gasteiger partial charge on any atom is -0.507 e. The Morgan fingerprint density at radius 2 is 2.00 bits per heavy atom. The van der Waals surface area contributed by atoms with Crippen LogP contribution in [0.2, 0.25) is 0 Å². The molecular weight excluding hydrogens is 392 g/mol. The Balaban J connectivity index is 1.50. The molecule has 0 radical (unpaired) electrons. The number of benzene rings is 2. The molecule has 6 nitrogen and oxygen atoms in total. The van der Waals surface area contributed by atoms with E-state index in [4.69, 9.17) is 9.47 Å². The van der Waals surface area contributed by atoms with Crippen LogP contribution in [0.5, 0.6) is 11.5 Å². The minimum atomic E-state index is -0.288. The molecule has 0 bridgehead atoms. The van der Waals surface area contributed by atoms with E-state index in [2.05, 4.69) is 31.1 Å². The Hall–Kier alpha value is -2.57. The molecule has 0 saturated carbocycles. The van der Waals surface area contributed by atoms with E-state index in [9.17, 15) is 9.90 Å². The number of amides is 1. The van der Waals surface area contributed by atoms with Crippen LogP contribution in [-0.2, 0) is 11.3 Å². The van der Waals surface area contributed by atoms with Crippen LogP contribution < -0.4 is 10.1 Å². The van der Waals surface area contributed by atoms with E-state index in [1.807, 2.05) is 30.3 Å². The zero-order valence-electron chi connectivity index (χ0n) is 18.8. The summed E-state index contributed by atoms with van der Waals surface area (Å²) in [4.78, 5) is 14.9. The number of hydrogen-bond donors (Lipinski definition) is 2. The molecule has 2 aromatic rings. The smallest absolute Gasteiger partial charge is 0.255 e. The molecule has 168 valence electrons. The first kappa shape index (κ1) is 23.1. The van der Waals surface area contributed by atoms with Crippen LogP contribution in [0.4, 0.5) is 0 Å². The molecule has 1 fully saturated rings. The average Bonchev–Trinajstić information content (AvgIpc) is 2.78. The molecule has 1 aliphatic rings. The number of hydrogen-bond acceptors (Lipinski definition) is 5. The largest absolute Gasteiger partial charge is 0.507 e. The Morgan fingerprint density at radius 3 is 2.74 bits per heavy atom. The highest BCUT2D eigenvalue weighted by Gasteiger charge is 2.18. The van der Waals surface area contributed by atoms with Gasteiger partial charge in [0.05, 0.1) is 5.56 Å². The van der Waals surface area contributed by atoms with E-state index >= 15 is 0 Å².